The molecule has 0 N–H and O–H groups in total. The molecule has 0 radical (unpaired) electrons. The highest BCUT2D eigenvalue weighted by Gasteiger charge is 2.38. The summed E-state index contributed by atoms with van der Waals surface area (Å²) in [6.45, 7) is 10.9. The van der Waals surface area contributed by atoms with Gasteiger partial charge in [0, 0.05) is 41.5 Å². The number of pyridine rings is 2. The van der Waals surface area contributed by atoms with Crippen LogP contribution in [-0.2, 0) is 32.6 Å². The first-order valence-corrected chi connectivity index (χ1v) is 16.6. The Labute approximate surface area is 270 Å². The van der Waals surface area contributed by atoms with E-state index in [1.165, 1.54) is 14.2 Å². The van der Waals surface area contributed by atoms with Crippen molar-refractivity contribution in [1.29, 1.82) is 0 Å². The third kappa shape index (κ3) is 7.14. The van der Waals surface area contributed by atoms with Crippen LogP contribution >= 0.6 is 0 Å². The Kier molecular flexibility index (Phi) is 9.49. The van der Waals surface area contributed by atoms with Crippen LogP contribution in [0.5, 0.6) is 5.75 Å². The molecule has 0 aliphatic heterocycles. The fourth-order valence-electron chi connectivity index (χ4n) is 5.20. The molecule has 0 spiro atoms. The normalized spacial score (nSPS) is 12.2. The molecule has 0 aliphatic carbocycles. The van der Waals surface area contributed by atoms with Gasteiger partial charge < -0.3 is 13.9 Å². The van der Waals surface area contributed by atoms with Crippen LogP contribution in [0, 0.1) is 17.8 Å². The second-order valence-electron chi connectivity index (χ2n) is 13.1. The molecule has 244 valence electrons. The average molecular weight is 648 g/mol. The lowest BCUT2D eigenvalue weighted by atomic mass is 9.79. The number of carbonyl (C=O) groups excluding carboxylic acids is 3. The molecule has 0 amide bonds. The summed E-state index contributed by atoms with van der Waals surface area (Å²) in [5.41, 5.74) is 1.77. The fraction of sp³-hybridized carbons (Fsp3) is 0.371. The molecule has 0 fully saturated rings. The van der Waals surface area contributed by atoms with E-state index in [0.29, 0.717) is 28.1 Å². The number of benzene rings is 1. The van der Waals surface area contributed by atoms with E-state index in [4.69, 9.17) is 9.47 Å². The number of methoxy groups -OCH3 is 1. The maximum atomic E-state index is 14.4. The Hall–Kier alpha value is -4.51. The molecular weight excluding hydrogens is 606 g/mol. The molecule has 0 saturated heterocycles. The van der Waals surface area contributed by atoms with Crippen LogP contribution < -0.4 is 9.04 Å². The Morgan fingerprint density at radius 1 is 0.978 bits per heavy atom. The van der Waals surface area contributed by atoms with Gasteiger partial charge in [-0.15, -0.1) is 0 Å². The minimum absolute atomic E-state index is 0.0396. The summed E-state index contributed by atoms with van der Waals surface area (Å²) in [6, 6.07) is 15.3. The van der Waals surface area contributed by atoms with Crippen LogP contribution in [-0.4, -0.2) is 55.8 Å². The summed E-state index contributed by atoms with van der Waals surface area (Å²) >= 11 is 0. The quantitative estimate of drug-likeness (QED) is 0.147. The monoisotopic (exact) mass is 647 g/mol. The number of ether oxygens (including phenoxy) is 2. The number of hydrogen-bond donors (Lipinski definition) is 0. The average Bonchev–Trinajstić information content (AvgIpc) is 3.29. The standard InChI is InChI=1S/C35H41N3O7S/c1-22-11-10-12-24(36-22)21-45-26-17-18-38-28(19-26)29(32(40)34(2,3)4)27(20-35(5,6)33(41)44-8)30(38)31(39)23-13-15-25(16-14-23)37(7)46(9,42)43/h10-19H,20-21H2,1-9H3. The molecule has 0 bridgehead atoms. The largest absolute Gasteiger partial charge is 0.487 e. The highest BCUT2D eigenvalue weighted by molar-refractivity contribution is 7.92. The van der Waals surface area contributed by atoms with E-state index in [0.717, 1.165) is 21.9 Å². The van der Waals surface area contributed by atoms with E-state index in [1.54, 1.807) is 81.6 Å². The van der Waals surface area contributed by atoms with Crippen molar-refractivity contribution >= 4 is 38.8 Å². The molecule has 0 saturated carbocycles. The Balaban J connectivity index is 1.94. The van der Waals surface area contributed by atoms with Gasteiger partial charge in [0.1, 0.15) is 12.4 Å². The molecule has 4 aromatic rings. The van der Waals surface area contributed by atoms with Gasteiger partial charge in [-0.25, -0.2) is 8.42 Å². The van der Waals surface area contributed by atoms with Crippen molar-refractivity contribution in [2.45, 2.75) is 54.6 Å². The Bertz CT molecular complexity index is 1920. The topological polar surface area (TPSA) is 124 Å². The third-order valence-electron chi connectivity index (χ3n) is 7.81. The summed E-state index contributed by atoms with van der Waals surface area (Å²) in [5, 5.41) is 0. The molecule has 4 rings (SSSR count). The summed E-state index contributed by atoms with van der Waals surface area (Å²) in [5.74, 6) is -0.618. The molecule has 0 aliphatic rings. The number of esters is 1. The number of Topliss-reactive ketones (excluding diaryl/α,β-unsaturated/α-hetero) is 1. The predicted octanol–water partition coefficient (Wildman–Crippen LogP) is 5.82. The molecule has 3 aromatic heterocycles. The lowest BCUT2D eigenvalue weighted by Gasteiger charge is -2.24. The van der Waals surface area contributed by atoms with Gasteiger partial charge in [0.05, 0.1) is 41.4 Å². The highest BCUT2D eigenvalue weighted by atomic mass is 32.2. The lowest BCUT2D eigenvalue weighted by Crippen LogP contribution is -2.30. The highest BCUT2D eigenvalue weighted by Crippen LogP contribution is 2.37. The molecular formula is C35H41N3O7S. The number of aromatic nitrogens is 2. The maximum Gasteiger partial charge on any atom is 0.311 e. The van der Waals surface area contributed by atoms with Crippen LogP contribution in [0.25, 0.3) is 5.52 Å². The van der Waals surface area contributed by atoms with Gasteiger partial charge in [-0.1, -0.05) is 26.8 Å². The van der Waals surface area contributed by atoms with Gasteiger partial charge in [-0.2, -0.15) is 0 Å². The van der Waals surface area contributed by atoms with Gasteiger partial charge in [0.25, 0.3) is 0 Å². The molecule has 1 aromatic carbocycles. The number of aryl methyl sites for hydroxylation is 1. The summed E-state index contributed by atoms with van der Waals surface area (Å²) in [4.78, 5) is 45.9. The van der Waals surface area contributed by atoms with Gasteiger partial charge >= 0.3 is 5.97 Å². The van der Waals surface area contributed by atoms with E-state index < -0.39 is 32.6 Å². The fourth-order valence-corrected chi connectivity index (χ4v) is 5.71. The first-order valence-electron chi connectivity index (χ1n) is 14.8. The van der Waals surface area contributed by atoms with E-state index in [1.807, 2.05) is 25.1 Å². The smallest absolute Gasteiger partial charge is 0.311 e. The van der Waals surface area contributed by atoms with Crippen molar-refractivity contribution in [3.05, 3.63) is 94.6 Å². The number of ketones is 2. The maximum absolute atomic E-state index is 14.4. The van der Waals surface area contributed by atoms with Crippen molar-refractivity contribution in [3.63, 3.8) is 0 Å². The third-order valence-corrected chi connectivity index (χ3v) is 9.02. The second-order valence-corrected chi connectivity index (χ2v) is 15.1. The Morgan fingerprint density at radius 3 is 2.20 bits per heavy atom. The molecule has 46 heavy (non-hydrogen) atoms. The molecule has 3 heterocycles. The number of carbonyl (C=O) groups is 3. The first-order chi connectivity index (χ1) is 21.3. The SMILES string of the molecule is COC(=O)C(C)(C)Cc1c(C(=O)C(C)(C)C)c2cc(OCc3cccc(C)n3)ccn2c1C(=O)c1ccc(N(C)S(C)(=O)=O)cc1. The van der Waals surface area contributed by atoms with Crippen molar-refractivity contribution in [3.8, 4) is 5.75 Å². The van der Waals surface area contributed by atoms with E-state index in [9.17, 15) is 22.8 Å². The molecule has 10 nitrogen and oxygen atoms in total. The zero-order valence-corrected chi connectivity index (χ0v) is 28.6. The van der Waals surface area contributed by atoms with Crippen molar-refractivity contribution in [1.82, 2.24) is 9.38 Å². The van der Waals surface area contributed by atoms with Gasteiger partial charge in [0.2, 0.25) is 15.8 Å². The van der Waals surface area contributed by atoms with Gasteiger partial charge in [0.15, 0.2) is 5.78 Å². The lowest BCUT2D eigenvalue weighted by molar-refractivity contribution is -0.150. The summed E-state index contributed by atoms with van der Waals surface area (Å²) < 4.78 is 38.1. The predicted molar refractivity (Wildman–Crippen MR) is 177 cm³/mol. The second kappa shape index (κ2) is 12.7. The molecule has 0 unspecified atom stereocenters. The van der Waals surface area contributed by atoms with Crippen LogP contribution in [0.1, 0.15) is 78.0 Å². The molecule has 0 atom stereocenters. The van der Waals surface area contributed by atoms with E-state index >= 15 is 0 Å². The van der Waals surface area contributed by atoms with Crippen molar-refractivity contribution < 1.29 is 32.3 Å². The van der Waals surface area contributed by atoms with Crippen molar-refractivity contribution in [2.24, 2.45) is 10.8 Å². The number of fused-ring (bicyclic) bond motifs is 1. The minimum atomic E-state index is -3.51. The molecule has 11 heteroatoms. The number of nitrogens with zero attached hydrogens (tertiary/aromatic N) is 3. The first kappa shape index (κ1) is 34.4. The zero-order chi connectivity index (χ0) is 34.2. The van der Waals surface area contributed by atoms with Gasteiger partial charge in [-0.3, -0.25) is 23.7 Å². The van der Waals surface area contributed by atoms with Crippen LogP contribution in [0.4, 0.5) is 5.69 Å². The van der Waals surface area contributed by atoms with Crippen LogP contribution in [0.15, 0.2) is 60.8 Å². The van der Waals surface area contributed by atoms with E-state index in [2.05, 4.69) is 4.98 Å². The van der Waals surface area contributed by atoms with Gasteiger partial charge in [-0.05, 0) is 75.2 Å². The van der Waals surface area contributed by atoms with E-state index in [-0.39, 0.29) is 30.1 Å². The van der Waals surface area contributed by atoms with Crippen LogP contribution in [0.2, 0.25) is 0 Å². The Morgan fingerprint density at radius 2 is 1.63 bits per heavy atom. The number of sulfonamides is 1. The number of anilines is 1. The minimum Gasteiger partial charge on any atom is -0.487 e. The number of rotatable bonds is 11. The van der Waals surface area contributed by atoms with Crippen LogP contribution in [0.3, 0.4) is 0 Å². The summed E-state index contributed by atoms with van der Waals surface area (Å²) in [7, 11) is -0.779. The summed E-state index contributed by atoms with van der Waals surface area (Å²) in [6.07, 6.45) is 2.82. The zero-order valence-electron chi connectivity index (χ0n) is 27.8. The number of hydrogen-bond acceptors (Lipinski definition) is 8. The van der Waals surface area contributed by atoms with Crippen molar-refractivity contribution in [2.75, 3.05) is 24.7 Å².